The summed E-state index contributed by atoms with van der Waals surface area (Å²) in [6.07, 6.45) is 6.21. The predicted octanol–water partition coefficient (Wildman–Crippen LogP) is 4.65. The van der Waals surface area contributed by atoms with Crippen molar-refractivity contribution >= 4 is 22.2 Å². The highest BCUT2D eigenvalue weighted by atomic mass is 14.9. The Balaban J connectivity index is 2.45. The van der Waals surface area contributed by atoms with Crippen molar-refractivity contribution in [3.8, 4) is 0 Å². The number of aromatic nitrogens is 1. The molecule has 0 atom stereocenters. The van der Waals surface area contributed by atoms with E-state index in [1.165, 1.54) is 22.1 Å². The third-order valence-electron chi connectivity index (χ3n) is 3.10. The van der Waals surface area contributed by atoms with E-state index in [-0.39, 0.29) is 0 Å². The van der Waals surface area contributed by atoms with E-state index >= 15 is 0 Å². The van der Waals surface area contributed by atoms with E-state index in [1.54, 1.807) is 0 Å². The predicted molar refractivity (Wildman–Crippen MR) is 84.4 cm³/mol. The van der Waals surface area contributed by atoms with E-state index in [1.807, 2.05) is 13.2 Å². The zero-order valence-corrected chi connectivity index (χ0v) is 12.0. The highest BCUT2D eigenvalue weighted by Gasteiger charge is 2.00. The van der Waals surface area contributed by atoms with Gasteiger partial charge < -0.3 is 5.32 Å². The molecule has 0 spiro atoms. The molecule has 1 N–H and O–H groups in total. The minimum absolute atomic E-state index is 0.899. The average Bonchev–Trinajstić information content (AvgIpc) is 2.43. The maximum absolute atomic E-state index is 4.32. The molecule has 0 amide bonds. The topological polar surface area (TPSA) is 24.9 Å². The lowest BCUT2D eigenvalue weighted by Gasteiger charge is -2.05. The van der Waals surface area contributed by atoms with Gasteiger partial charge in [-0.15, -0.1) is 0 Å². The summed E-state index contributed by atoms with van der Waals surface area (Å²) in [5.74, 6) is 0.899. The molecule has 1 aromatic carbocycles. The van der Waals surface area contributed by atoms with Crippen LogP contribution in [0.5, 0.6) is 0 Å². The largest absolute Gasteiger partial charge is 0.373 e. The highest BCUT2D eigenvalue weighted by Crippen LogP contribution is 2.22. The number of fused-ring (bicyclic) bond motifs is 1. The van der Waals surface area contributed by atoms with Gasteiger partial charge >= 0.3 is 0 Å². The third-order valence-corrected chi connectivity index (χ3v) is 3.10. The summed E-state index contributed by atoms with van der Waals surface area (Å²) in [4.78, 5) is 4.32. The van der Waals surface area contributed by atoms with Crippen LogP contribution in [0.25, 0.3) is 16.3 Å². The van der Waals surface area contributed by atoms with Crippen LogP contribution in [0.15, 0.2) is 48.2 Å². The second kappa shape index (κ2) is 5.70. The molecule has 19 heavy (non-hydrogen) atoms. The molecule has 0 saturated carbocycles. The molecule has 0 unspecified atom stereocenters. The summed E-state index contributed by atoms with van der Waals surface area (Å²) in [5, 5.41) is 5.45. The first-order chi connectivity index (χ1) is 9.10. The van der Waals surface area contributed by atoms with Crippen LogP contribution in [-0.4, -0.2) is 12.0 Å². The van der Waals surface area contributed by atoms with Crippen LogP contribution in [0.4, 0.5) is 5.82 Å². The lowest BCUT2D eigenvalue weighted by Crippen LogP contribution is -1.91. The van der Waals surface area contributed by atoms with Crippen molar-refractivity contribution in [1.29, 1.82) is 0 Å². The molecule has 2 aromatic rings. The van der Waals surface area contributed by atoms with Crippen molar-refractivity contribution in [1.82, 2.24) is 4.98 Å². The van der Waals surface area contributed by atoms with Gasteiger partial charge in [-0.25, -0.2) is 4.98 Å². The number of rotatable bonds is 3. The standard InChI is InChI=1S/C17H20N2/c1-12(2)5-6-13(3)14-7-8-15-11-19-17(18-4)10-16(15)9-14/h5-11H,1-4H3,(H,18,19)/b13-6+. The van der Waals surface area contributed by atoms with Crippen LogP contribution in [0.1, 0.15) is 26.3 Å². The second-order valence-electron chi connectivity index (χ2n) is 4.98. The molecule has 0 aliphatic rings. The molecular weight excluding hydrogens is 232 g/mol. The number of hydrogen-bond donors (Lipinski definition) is 1. The Morgan fingerprint density at radius 2 is 1.84 bits per heavy atom. The van der Waals surface area contributed by atoms with Gasteiger partial charge in [-0.1, -0.05) is 29.9 Å². The number of anilines is 1. The van der Waals surface area contributed by atoms with Crippen LogP contribution in [-0.2, 0) is 0 Å². The molecule has 0 aliphatic carbocycles. The SMILES string of the molecule is CNc1cc2cc(/C(C)=C/C=C(C)C)ccc2cn1. The maximum Gasteiger partial charge on any atom is 0.126 e. The van der Waals surface area contributed by atoms with Gasteiger partial charge in [0.2, 0.25) is 0 Å². The van der Waals surface area contributed by atoms with Crippen LogP contribution < -0.4 is 5.32 Å². The van der Waals surface area contributed by atoms with Crippen molar-refractivity contribution in [2.45, 2.75) is 20.8 Å². The summed E-state index contributed by atoms with van der Waals surface area (Å²) < 4.78 is 0. The third kappa shape index (κ3) is 3.22. The van der Waals surface area contributed by atoms with Crippen molar-refractivity contribution in [2.24, 2.45) is 0 Å². The van der Waals surface area contributed by atoms with Crippen molar-refractivity contribution in [3.05, 3.63) is 53.8 Å². The van der Waals surface area contributed by atoms with Gasteiger partial charge in [0, 0.05) is 18.6 Å². The first-order valence-electron chi connectivity index (χ1n) is 6.50. The summed E-state index contributed by atoms with van der Waals surface area (Å²) in [6.45, 7) is 6.35. The Bertz CT molecular complexity index is 647. The molecule has 0 saturated heterocycles. The maximum atomic E-state index is 4.32. The molecule has 0 radical (unpaired) electrons. The fraction of sp³-hybridized carbons (Fsp3) is 0.235. The molecule has 2 nitrogen and oxygen atoms in total. The van der Waals surface area contributed by atoms with Gasteiger partial charge in [0.1, 0.15) is 5.82 Å². The molecule has 0 bridgehead atoms. The Morgan fingerprint density at radius 1 is 1.05 bits per heavy atom. The van der Waals surface area contributed by atoms with Gasteiger partial charge in [-0.2, -0.15) is 0 Å². The van der Waals surface area contributed by atoms with Crippen LogP contribution in [0.2, 0.25) is 0 Å². The van der Waals surface area contributed by atoms with E-state index < -0.39 is 0 Å². The normalized spacial score (nSPS) is 11.5. The molecule has 2 heteroatoms. The number of hydrogen-bond acceptors (Lipinski definition) is 2. The quantitative estimate of drug-likeness (QED) is 0.804. The van der Waals surface area contributed by atoms with Crippen molar-refractivity contribution in [2.75, 3.05) is 12.4 Å². The van der Waals surface area contributed by atoms with Crippen molar-refractivity contribution in [3.63, 3.8) is 0 Å². The van der Waals surface area contributed by atoms with Gasteiger partial charge in [0.05, 0.1) is 0 Å². The fourth-order valence-electron chi connectivity index (χ4n) is 1.91. The van der Waals surface area contributed by atoms with E-state index in [4.69, 9.17) is 0 Å². The summed E-state index contributed by atoms with van der Waals surface area (Å²) >= 11 is 0. The molecule has 2 rings (SSSR count). The van der Waals surface area contributed by atoms with Gasteiger partial charge in [0.15, 0.2) is 0 Å². The van der Waals surface area contributed by atoms with E-state index in [0.29, 0.717) is 0 Å². The van der Waals surface area contributed by atoms with Gasteiger partial charge in [-0.05, 0) is 49.4 Å². The number of allylic oxidation sites excluding steroid dienone is 4. The monoisotopic (exact) mass is 252 g/mol. The van der Waals surface area contributed by atoms with Crippen molar-refractivity contribution < 1.29 is 0 Å². The first kappa shape index (κ1) is 13.3. The smallest absolute Gasteiger partial charge is 0.126 e. The lowest BCUT2D eigenvalue weighted by atomic mass is 10.0. The van der Waals surface area contributed by atoms with E-state index in [2.05, 4.69) is 67.5 Å². The number of pyridine rings is 1. The average molecular weight is 252 g/mol. The molecular formula is C17H20N2. The lowest BCUT2D eigenvalue weighted by molar-refractivity contribution is 1.31. The van der Waals surface area contributed by atoms with Crippen LogP contribution >= 0.6 is 0 Å². The Kier molecular flexibility index (Phi) is 4.00. The van der Waals surface area contributed by atoms with E-state index in [0.717, 1.165) is 11.2 Å². The van der Waals surface area contributed by atoms with Crippen LogP contribution in [0, 0.1) is 0 Å². The zero-order chi connectivity index (χ0) is 13.8. The molecule has 0 fully saturated rings. The summed E-state index contributed by atoms with van der Waals surface area (Å²) in [6, 6.07) is 8.56. The van der Waals surface area contributed by atoms with Gasteiger partial charge in [-0.3, -0.25) is 0 Å². The Hall–Kier alpha value is -2.09. The summed E-state index contributed by atoms with van der Waals surface area (Å²) in [7, 11) is 1.89. The minimum Gasteiger partial charge on any atom is -0.373 e. The molecule has 0 aliphatic heterocycles. The molecule has 1 heterocycles. The zero-order valence-electron chi connectivity index (χ0n) is 12.0. The van der Waals surface area contributed by atoms with E-state index in [9.17, 15) is 0 Å². The highest BCUT2D eigenvalue weighted by molar-refractivity contribution is 5.87. The molecule has 98 valence electrons. The Labute approximate surface area is 114 Å². The summed E-state index contributed by atoms with van der Waals surface area (Å²) in [5.41, 5.74) is 3.82. The fourth-order valence-corrected chi connectivity index (χ4v) is 1.91. The Morgan fingerprint density at radius 3 is 2.53 bits per heavy atom. The molecule has 1 aromatic heterocycles. The number of nitrogens with zero attached hydrogens (tertiary/aromatic N) is 1. The van der Waals surface area contributed by atoms with Gasteiger partial charge in [0.25, 0.3) is 0 Å². The second-order valence-corrected chi connectivity index (χ2v) is 4.98. The van der Waals surface area contributed by atoms with Crippen LogP contribution in [0.3, 0.4) is 0 Å². The number of benzene rings is 1. The minimum atomic E-state index is 0.899. The number of nitrogens with one attached hydrogen (secondary N) is 1. The first-order valence-corrected chi connectivity index (χ1v) is 6.50.